The number of amides is 1. The van der Waals surface area contributed by atoms with E-state index in [-0.39, 0.29) is 18.2 Å². The van der Waals surface area contributed by atoms with Crippen LogP contribution >= 0.6 is 0 Å². The normalized spacial score (nSPS) is 12.5. The first-order valence-electron chi connectivity index (χ1n) is 6.20. The quantitative estimate of drug-likeness (QED) is 0.530. The molecule has 0 rings (SSSR count). The average molecular weight is 244 g/mol. The van der Waals surface area contributed by atoms with Gasteiger partial charge in [0.1, 0.15) is 0 Å². The van der Waals surface area contributed by atoms with Gasteiger partial charge in [-0.2, -0.15) is 0 Å². The van der Waals surface area contributed by atoms with Crippen LogP contribution in [0.5, 0.6) is 0 Å². The first kappa shape index (κ1) is 15.9. The van der Waals surface area contributed by atoms with Crippen LogP contribution in [-0.4, -0.2) is 29.6 Å². The van der Waals surface area contributed by atoms with Gasteiger partial charge in [-0.05, 0) is 18.8 Å². The van der Waals surface area contributed by atoms with Gasteiger partial charge >= 0.3 is 5.97 Å². The van der Waals surface area contributed by atoms with Crippen LogP contribution in [0.4, 0.5) is 0 Å². The van der Waals surface area contributed by atoms with Crippen LogP contribution in [0.2, 0.25) is 0 Å². The molecule has 0 fully saturated rings. The smallest absolute Gasteiger partial charge is 0.303 e. The van der Waals surface area contributed by atoms with Gasteiger partial charge in [-0.1, -0.05) is 26.7 Å². The summed E-state index contributed by atoms with van der Waals surface area (Å²) in [6.45, 7) is 4.44. The molecule has 0 aromatic heterocycles. The molecule has 4 N–H and O–H groups in total. The second-order valence-corrected chi connectivity index (χ2v) is 4.62. The van der Waals surface area contributed by atoms with Crippen molar-refractivity contribution < 1.29 is 14.7 Å². The Morgan fingerprint density at radius 2 is 1.76 bits per heavy atom. The first-order chi connectivity index (χ1) is 7.95. The van der Waals surface area contributed by atoms with Gasteiger partial charge in [0.15, 0.2) is 0 Å². The van der Waals surface area contributed by atoms with E-state index in [1.54, 1.807) is 0 Å². The van der Waals surface area contributed by atoms with Crippen molar-refractivity contribution in [2.75, 3.05) is 6.54 Å². The number of carbonyl (C=O) groups is 2. The number of rotatable bonds is 9. The van der Waals surface area contributed by atoms with Crippen molar-refractivity contribution in [3.63, 3.8) is 0 Å². The predicted molar refractivity (Wildman–Crippen MR) is 66.5 cm³/mol. The summed E-state index contributed by atoms with van der Waals surface area (Å²) in [6.07, 6.45) is 3.62. The molecule has 0 spiro atoms. The third-order valence-corrected chi connectivity index (χ3v) is 2.64. The maximum absolute atomic E-state index is 11.4. The highest BCUT2D eigenvalue weighted by Gasteiger charge is 2.15. The SMILES string of the molecule is CC(C)[C@@H](N)C(=O)NCCCCCCC(=O)O. The fraction of sp³-hybridized carbons (Fsp3) is 0.833. The molecule has 0 saturated heterocycles. The van der Waals surface area contributed by atoms with Gasteiger partial charge in [0.05, 0.1) is 6.04 Å². The van der Waals surface area contributed by atoms with Crippen molar-refractivity contribution in [1.82, 2.24) is 5.32 Å². The van der Waals surface area contributed by atoms with Gasteiger partial charge in [-0.3, -0.25) is 9.59 Å². The number of carbonyl (C=O) groups excluding carboxylic acids is 1. The van der Waals surface area contributed by atoms with Crippen LogP contribution < -0.4 is 11.1 Å². The fourth-order valence-electron chi connectivity index (χ4n) is 1.39. The summed E-state index contributed by atoms with van der Waals surface area (Å²) < 4.78 is 0. The Kier molecular flexibility index (Phi) is 8.40. The Bertz CT molecular complexity index is 242. The zero-order valence-electron chi connectivity index (χ0n) is 10.7. The van der Waals surface area contributed by atoms with E-state index in [4.69, 9.17) is 10.8 Å². The monoisotopic (exact) mass is 244 g/mol. The average Bonchev–Trinajstić information content (AvgIpc) is 2.25. The standard InChI is InChI=1S/C12H24N2O3/c1-9(2)11(13)12(17)14-8-6-4-3-5-7-10(15)16/h9,11H,3-8,13H2,1-2H3,(H,14,17)(H,15,16)/t11-/m1/s1. The van der Waals surface area contributed by atoms with E-state index in [0.717, 1.165) is 19.3 Å². The molecule has 0 aromatic carbocycles. The maximum atomic E-state index is 11.4. The molecule has 0 aliphatic heterocycles. The van der Waals surface area contributed by atoms with Crippen molar-refractivity contribution in [2.24, 2.45) is 11.7 Å². The molecule has 0 saturated carbocycles. The van der Waals surface area contributed by atoms with Crippen molar-refractivity contribution in [1.29, 1.82) is 0 Å². The second-order valence-electron chi connectivity index (χ2n) is 4.62. The molecule has 5 heteroatoms. The third-order valence-electron chi connectivity index (χ3n) is 2.64. The van der Waals surface area contributed by atoms with Crippen molar-refractivity contribution in [3.8, 4) is 0 Å². The Morgan fingerprint density at radius 3 is 2.29 bits per heavy atom. The lowest BCUT2D eigenvalue weighted by Crippen LogP contribution is -2.44. The molecular weight excluding hydrogens is 220 g/mol. The Labute approximate surface area is 103 Å². The van der Waals surface area contributed by atoms with Crippen molar-refractivity contribution in [2.45, 2.75) is 52.0 Å². The lowest BCUT2D eigenvalue weighted by molar-refractivity contribution is -0.137. The largest absolute Gasteiger partial charge is 0.481 e. The fourth-order valence-corrected chi connectivity index (χ4v) is 1.39. The van der Waals surface area contributed by atoms with Crippen LogP contribution in [0.25, 0.3) is 0 Å². The third kappa shape index (κ3) is 8.68. The number of nitrogens with one attached hydrogen (secondary N) is 1. The van der Waals surface area contributed by atoms with Gasteiger partial charge in [-0.25, -0.2) is 0 Å². The van der Waals surface area contributed by atoms with Gasteiger partial charge in [0.25, 0.3) is 0 Å². The highest BCUT2D eigenvalue weighted by Crippen LogP contribution is 2.02. The summed E-state index contributed by atoms with van der Waals surface area (Å²) in [7, 11) is 0. The number of unbranched alkanes of at least 4 members (excludes halogenated alkanes) is 3. The summed E-state index contributed by atoms with van der Waals surface area (Å²) >= 11 is 0. The highest BCUT2D eigenvalue weighted by atomic mass is 16.4. The minimum absolute atomic E-state index is 0.106. The molecule has 5 nitrogen and oxygen atoms in total. The highest BCUT2D eigenvalue weighted by molar-refractivity contribution is 5.81. The van der Waals surface area contributed by atoms with E-state index >= 15 is 0 Å². The summed E-state index contributed by atoms with van der Waals surface area (Å²) in [4.78, 5) is 21.7. The maximum Gasteiger partial charge on any atom is 0.303 e. The molecule has 100 valence electrons. The minimum atomic E-state index is -0.749. The minimum Gasteiger partial charge on any atom is -0.481 e. The molecule has 1 amide bonds. The van der Waals surface area contributed by atoms with Crippen LogP contribution in [-0.2, 0) is 9.59 Å². The predicted octanol–water partition coefficient (Wildman–Crippen LogP) is 1.12. The van der Waals surface area contributed by atoms with E-state index in [0.29, 0.717) is 13.0 Å². The van der Waals surface area contributed by atoms with Gasteiger partial charge < -0.3 is 16.2 Å². The van der Waals surface area contributed by atoms with Gasteiger partial charge in [-0.15, -0.1) is 0 Å². The Balaban J connectivity index is 3.39. The molecule has 0 radical (unpaired) electrons. The lowest BCUT2D eigenvalue weighted by Gasteiger charge is -2.15. The van der Waals surface area contributed by atoms with E-state index in [1.165, 1.54) is 0 Å². The number of hydrogen-bond acceptors (Lipinski definition) is 3. The molecule has 0 heterocycles. The Hall–Kier alpha value is -1.10. The van der Waals surface area contributed by atoms with Gasteiger partial charge in [0, 0.05) is 13.0 Å². The van der Waals surface area contributed by atoms with Crippen molar-refractivity contribution in [3.05, 3.63) is 0 Å². The zero-order valence-corrected chi connectivity index (χ0v) is 10.7. The number of carboxylic acid groups (broad SMARTS) is 1. The number of hydrogen-bond donors (Lipinski definition) is 3. The lowest BCUT2D eigenvalue weighted by atomic mass is 10.0. The van der Waals surface area contributed by atoms with E-state index < -0.39 is 12.0 Å². The molecule has 0 aromatic rings. The second kappa shape index (κ2) is 8.98. The molecule has 17 heavy (non-hydrogen) atoms. The molecule has 0 bridgehead atoms. The summed E-state index contributed by atoms with van der Waals surface area (Å²) in [5.41, 5.74) is 5.68. The first-order valence-corrected chi connectivity index (χ1v) is 6.20. The van der Waals surface area contributed by atoms with Crippen LogP contribution in [0.1, 0.15) is 46.0 Å². The van der Waals surface area contributed by atoms with E-state index in [1.807, 2.05) is 13.8 Å². The number of aliphatic carboxylic acids is 1. The van der Waals surface area contributed by atoms with Crippen LogP contribution in [0.15, 0.2) is 0 Å². The Morgan fingerprint density at radius 1 is 1.18 bits per heavy atom. The summed E-state index contributed by atoms with van der Waals surface area (Å²) in [5, 5.41) is 11.2. The molecule has 0 aliphatic carbocycles. The molecular formula is C12H24N2O3. The molecule has 1 atom stereocenters. The number of nitrogens with two attached hydrogens (primary N) is 1. The van der Waals surface area contributed by atoms with Crippen LogP contribution in [0, 0.1) is 5.92 Å². The van der Waals surface area contributed by atoms with E-state index in [2.05, 4.69) is 5.32 Å². The summed E-state index contributed by atoms with van der Waals surface area (Å²) in [6, 6.07) is -0.443. The number of carboxylic acids is 1. The topological polar surface area (TPSA) is 92.4 Å². The van der Waals surface area contributed by atoms with Crippen molar-refractivity contribution >= 4 is 11.9 Å². The molecule has 0 aliphatic rings. The zero-order chi connectivity index (χ0) is 13.3. The molecule has 0 unspecified atom stereocenters. The van der Waals surface area contributed by atoms with Gasteiger partial charge in [0.2, 0.25) is 5.91 Å². The summed E-state index contributed by atoms with van der Waals surface area (Å²) in [5.74, 6) is -0.711. The van der Waals surface area contributed by atoms with Crippen LogP contribution in [0.3, 0.4) is 0 Å². The van der Waals surface area contributed by atoms with E-state index in [9.17, 15) is 9.59 Å².